The van der Waals surface area contributed by atoms with Gasteiger partial charge in [0.1, 0.15) is 11.8 Å². The Labute approximate surface area is 197 Å². The van der Waals surface area contributed by atoms with Gasteiger partial charge in [-0.2, -0.15) is 10.4 Å². The zero-order chi connectivity index (χ0) is 23.8. The second kappa shape index (κ2) is 11.3. The van der Waals surface area contributed by atoms with Gasteiger partial charge in [0.05, 0.1) is 31.8 Å². The Balaban J connectivity index is 1.47. The van der Waals surface area contributed by atoms with Gasteiger partial charge in [0.25, 0.3) is 5.91 Å². The minimum absolute atomic E-state index is 0.263. The van der Waals surface area contributed by atoms with Gasteiger partial charge in [-0.15, -0.1) is 0 Å². The van der Waals surface area contributed by atoms with Crippen LogP contribution in [-0.4, -0.2) is 49.6 Å². The molecule has 0 saturated heterocycles. The first-order valence-electron chi connectivity index (χ1n) is 10.5. The van der Waals surface area contributed by atoms with E-state index in [1.807, 2.05) is 24.3 Å². The molecule has 0 radical (unpaired) electrons. The smallest absolute Gasteiger partial charge is 0.255 e. The maximum Gasteiger partial charge on any atom is 0.255 e. The highest BCUT2D eigenvalue weighted by atomic mass is 35.5. The molecular formula is C23H25ClN6O3. The fourth-order valence-corrected chi connectivity index (χ4v) is 3.46. The van der Waals surface area contributed by atoms with E-state index >= 15 is 0 Å². The highest BCUT2D eigenvalue weighted by molar-refractivity contribution is 6.30. The third kappa shape index (κ3) is 6.20. The Morgan fingerprint density at radius 1 is 1.30 bits per heavy atom. The van der Waals surface area contributed by atoms with Crippen LogP contribution in [-0.2, 0) is 11.2 Å². The number of hydrogen-bond donors (Lipinski definition) is 2. The Morgan fingerprint density at radius 2 is 2.06 bits per heavy atom. The third-order valence-corrected chi connectivity index (χ3v) is 5.44. The van der Waals surface area contributed by atoms with E-state index in [-0.39, 0.29) is 18.4 Å². The number of aryl methyl sites for hydroxylation is 1. The van der Waals surface area contributed by atoms with Crippen LogP contribution in [0.4, 0.5) is 0 Å². The van der Waals surface area contributed by atoms with Gasteiger partial charge in [0.2, 0.25) is 5.91 Å². The van der Waals surface area contributed by atoms with E-state index in [0.717, 1.165) is 17.5 Å². The molecule has 2 aromatic carbocycles. The standard InChI is InChI=1S/C23H25ClN6O3/c1-3-15-4-6-16(7-5-15)19(13-25)27-23(32)20-14-30(29-28-20)11-10-26-22(31)18-9-8-17(24)12-21(18)33-2/h4-9,12,19-20H,3,10-11,14H2,1-2H3,(H,26,31)(H,27,32). The molecule has 3 rings (SSSR count). The number of rotatable bonds is 9. The predicted octanol–water partition coefficient (Wildman–Crippen LogP) is 3.07. The minimum atomic E-state index is -0.763. The van der Waals surface area contributed by atoms with Crippen molar-refractivity contribution in [1.82, 2.24) is 15.6 Å². The van der Waals surface area contributed by atoms with Gasteiger partial charge in [-0.1, -0.05) is 48.0 Å². The van der Waals surface area contributed by atoms with E-state index in [0.29, 0.717) is 29.4 Å². The molecule has 2 N–H and O–H groups in total. The summed E-state index contributed by atoms with van der Waals surface area (Å²) < 4.78 is 5.20. The largest absolute Gasteiger partial charge is 0.496 e. The topological polar surface area (TPSA) is 119 Å². The van der Waals surface area contributed by atoms with E-state index in [2.05, 4.69) is 34.0 Å². The number of methoxy groups -OCH3 is 1. The van der Waals surface area contributed by atoms with Crippen LogP contribution in [0, 0.1) is 11.3 Å². The van der Waals surface area contributed by atoms with E-state index in [1.165, 1.54) is 7.11 Å². The number of carbonyl (C=O) groups excluding carboxylic acids is 2. The molecule has 0 saturated carbocycles. The van der Waals surface area contributed by atoms with Gasteiger partial charge >= 0.3 is 0 Å². The Hall–Kier alpha value is -3.64. The van der Waals surface area contributed by atoms with Crippen molar-refractivity contribution in [2.45, 2.75) is 25.4 Å². The number of carbonyl (C=O) groups is 2. The fourth-order valence-electron chi connectivity index (χ4n) is 3.30. The molecule has 2 unspecified atom stereocenters. The summed E-state index contributed by atoms with van der Waals surface area (Å²) in [6.45, 7) is 2.98. The summed E-state index contributed by atoms with van der Waals surface area (Å²) in [6.07, 6.45) is 0.899. The number of ether oxygens (including phenoxy) is 1. The molecular weight excluding hydrogens is 444 g/mol. The molecule has 10 heteroatoms. The summed E-state index contributed by atoms with van der Waals surface area (Å²) in [5.74, 6) is -0.295. The van der Waals surface area contributed by atoms with Gasteiger partial charge in [0.15, 0.2) is 6.04 Å². The van der Waals surface area contributed by atoms with Crippen LogP contribution in [0.3, 0.4) is 0 Å². The summed E-state index contributed by atoms with van der Waals surface area (Å²) in [5, 5.41) is 25.1. The van der Waals surface area contributed by atoms with E-state index in [9.17, 15) is 14.9 Å². The molecule has 0 spiro atoms. The van der Waals surface area contributed by atoms with Crippen molar-refractivity contribution in [3.05, 3.63) is 64.2 Å². The van der Waals surface area contributed by atoms with Gasteiger partial charge in [-0.05, 0) is 35.7 Å². The first kappa shape index (κ1) is 24.0. The SMILES string of the molecule is CCc1ccc(C(C#N)NC(=O)C2CN(CCNC(=O)c3ccc(Cl)cc3OC)N=N2)cc1. The molecule has 172 valence electrons. The number of nitrogens with zero attached hydrogens (tertiary/aromatic N) is 4. The van der Waals surface area contributed by atoms with E-state index < -0.39 is 12.1 Å². The molecule has 9 nitrogen and oxygen atoms in total. The van der Waals surface area contributed by atoms with E-state index in [1.54, 1.807) is 23.2 Å². The lowest BCUT2D eigenvalue weighted by Gasteiger charge is -2.16. The van der Waals surface area contributed by atoms with Gasteiger partial charge < -0.3 is 15.4 Å². The van der Waals surface area contributed by atoms with Crippen LogP contribution in [0.2, 0.25) is 5.02 Å². The first-order chi connectivity index (χ1) is 15.9. The van der Waals surface area contributed by atoms with Crippen molar-refractivity contribution < 1.29 is 14.3 Å². The third-order valence-electron chi connectivity index (χ3n) is 5.20. The molecule has 1 heterocycles. The molecule has 1 aliphatic heterocycles. The van der Waals surface area contributed by atoms with Gasteiger partial charge in [0, 0.05) is 11.6 Å². The zero-order valence-electron chi connectivity index (χ0n) is 18.4. The molecule has 0 fully saturated rings. The molecule has 0 aromatic heterocycles. The van der Waals surface area contributed by atoms with Crippen molar-refractivity contribution in [1.29, 1.82) is 5.26 Å². The molecule has 1 aliphatic rings. The second-order valence-corrected chi connectivity index (χ2v) is 7.84. The number of nitrogens with one attached hydrogen (secondary N) is 2. The highest BCUT2D eigenvalue weighted by Crippen LogP contribution is 2.23. The lowest BCUT2D eigenvalue weighted by Crippen LogP contribution is -2.40. The van der Waals surface area contributed by atoms with Crippen LogP contribution in [0.1, 0.15) is 34.5 Å². The molecule has 0 bridgehead atoms. The molecule has 33 heavy (non-hydrogen) atoms. The van der Waals surface area contributed by atoms with E-state index in [4.69, 9.17) is 16.3 Å². The number of amides is 2. The van der Waals surface area contributed by atoms with Gasteiger partial charge in [-0.3, -0.25) is 14.6 Å². The van der Waals surface area contributed by atoms with Crippen molar-refractivity contribution >= 4 is 23.4 Å². The predicted molar refractivity (Wildman–Crippen MR) is 123 cm³/mol. The summed E-state index contributed by atoms with van der Waals surface area (Å²) in [7, 11) is 1.47. The molecule has 0 aliphatic carbocycles. The zero-order valence-corrected chi connectivity index (χ0v) is 19.2. The van der Waals surface area contributed by atoms with Crippen molar-refractivity contribution in [2.75, 3.05) is 26.7 Å². The number of benzene rings is 2. The summed E-state index contributed by atoms with van der Waals surface area (Å²) in [4.78, 5) is 25.0. The minimum Gasteiger partial charge on any atom is -0.496 e. The average Bonchev–Trinajstić information content (AvgIpc) is 3.31. The Morgan fingerprint density at radius 3 is 2.73 bits per heavy atom. The van der Waals surface area contributed by atoms with Crippen LogP contribution in [0.25, 0.3) is 0 Å². The Kier molecular flexibility index (Phi) is 8.22. The molecule has 2 atom stereocenters. The summed E-state index contributed by atoms with van der Waals surface area (Å²) >= 11 is 5.93. The van der Waals surface area contributed by atoms with Crippen LogP contribution in [0.5, 0.6) is 5.75 Å². The number of hydrogen-bond acceptors (Lipinski definition) is 7. The van der Waals surface area contributed by atoms with Crippen molar-refractivity contribution in [2.24, 2.45) is 10.3 Å². The van der Waals surface area contributed by atoms with Crippen LogP contribution in [0.15, 0.2) is 52.8 Å². The highest BCUT2D eigenvalue weighted by Gasteiger charge is 2.28. The van der Waals surface area contributed by atoms with Crippen LogP contribution >= 0.6 is 11.6 Å². The number of nitriles is 1. The lowest BCUT2D eigenvalue weighted by atomic mass is 10.0. The van der Waals surface area contributed by atoms with Crippen molar-refractivity contribution in [3.8, 4) is 11.8 Å². The van der Waals surface area contributed by atoms with Crippen molar-refractivity contribution in [3.63, 3.8) is 0 Å². The maximum atomic E-state index is 12.6. The second-order valence-electron chi connectivity index (χ2n) is 7.40. The summed E-state index contributed by atoms with van der Waals surface area (Å²) in [5.41, 5.74) is 2.25. The fraction of sp³-hybridized carbons (Fsp3) is 0.348. The maximum absolute atomic E-state index is 12.6. The quantitative estimate of drug-likeness (QED) is 0.586. The number of halogens is 1. The van der Waals surface area contributed by atoms with Crippen LogP contribution < -0.4 is 15.4 Å². The monoisotopic (exact) mass is 468 g/mol. The average molecular weight is 469 g/mol. The Bertz CT molecular complexity index is 1070. The first-order valence-corrected chi connectivity index (χ1v) is 10.9. The van der Waals surface area contributed by atoms with Gasteiger partial charge in [-0.25, -0.2) is 0 Å². The lowest BCUT2D eigenvalue weighted by molar-refractivity contribution is -0.122. The molecule has 2 aromatic rings. The normalized spacial score (nSPS) is 15.6. The molecule has 2 amide bonds. The summed E-state index contributed by atoms with van der Waals surface area (Å²) in [6, 6.07) is 13.0.